The summed E-state index contributed by atoms with van der Waals surface area (Å²) in [5, 5.41) is 6.19. The maximum atomic E-state index is 12.8. The number of hydrogen-bond acceptors (Lipinski definition) is 3. The maximum Gasteiger partial charge on any atom is 0.223 e. The molecule has 0 heterocycles. The highest BCUT2D eigenvalue weighted by Crippen LogP contribution is 2.20. The molecule has 20 heavy (non-hydrogen) atoms. The molecule has 0 radical (unpaired) electrons. The summed E-state index contributed by atoms with van der Waals surface area (Å²) in [6.45, 7) is 7.52. The van der Waals surface area contributed by atoms with E-state index < -0.39 is 0 Å². The maximum absolute atomic E-state index is 12.8. The van der Waals surface area contributed by atoms with Gasteiger partial charge in [-0.3, -0.25) is 4.79 Å². The van der Waals surface area contributed by atoms with E-state index in [4.69, 9.17) is 0 Å². The van der Waals surface area contributed by atoms with E-state index in [0.717, 1.165) is 11.4 Å². The standard InChI is InChI=1S/C15H23FN2OS/c1-4-17-12(3)9-18-15(19)11(2)10-20-14-7-5-13(16)6-8-14/h5-8,11-12,17H,4,9-10H2,1-3H3,(H,18,19)/t11?,12-/m1/s1. The molecule has 1 aromatic rings. The van der Waals surface area contributed by atoms with Crippen molar-refractivity contribution in [1.29, 1.82) is 0 Å². The second kappa shape index (κ2) is 8.97. The van der Waals surface area contributed by atoms with Crippen molar-refractivity contribution in [1.82, 2.24) is 10.6 Å². The quantitative estimate of drug-likeness (QED) is 0.725. The van der Waals surface area contributed by atoms with Crippen LogP contribution in [-0.4, -0.2) is 30.8 Å². The largest absolute Gasteiger partial charge is 0.354 e. The number of benzene rings is 1. The van der Waals surface area contributed by atoms with Crippen molar-refractivity contribution in [3.63, 3.8) is 0 Å². The van der Waals surface area contributed by atoms with Crippen LogP contribution in [0, 0.1) is 11.7 Å². The van der Waals surface area contributed by atoms with Crippen molar-refractivity contribution in [3.05, 3.63) is 30.1 Å². The van der Waals surface area contributed by atoms with E-state index in [9.17, 15) is 9.18 Å². The van der Waals surface area contributed by atoms with Gasteiger partial charge in [0.2, 0.25) is 5.91 Å². The van der Waals surface area contributed by atoms with Gasteiger partial charge in [0.15, 0.2) is 0 Å². The van der Waals surface area contributed by atoms with Crippen molar-refractivity contribution < 1.29 is 9.18 Å². The average Bonchev–Trinajstić information content (AvgIpc) is 2.44. The molecular formula is C15H23FN2OS. The van der Waals surface area contributed by atoms with Crippen molar-refractivity contribution >= 4 is 17.7 Å². The lowest BCUT2D eigenvalue weighted by Crippen LogP contribution is -2.41. The number of thioether (sulfide) groups is 1. The number of nitrogens with one attached hydrogen (secondary N) is 2. The van der Waals surface area contributed by atoms with E-state index in [1.54, 1.807) is 23.9 Å². The van der Waals surface area contributed by atoms with Crippen LogP contribution in [0.2, 0.25) is 0 Å². The Labute approximate surface area is 124 Å². The minimum Gasteiger partial charge on any atom is -0.354 e. The monoisotopic (exact) mass is 298 g/mol. The second-order valence-electron chi connectivity index (χ2n) is 4.87. The summed E-state index contributed by atoms with van der Waals surface area (Å²) >= 11 is 1.57. The zero-order valence-electron chi connectivity index (χ0n) is 12.3. The summed E-state index contributed by atoms with van der Waals surface area (Å²) in [6.07, 6.45) is 0. The molecule has 0 saturated heterocycles. The molecule has 0 aliphatic heterocycles. The zero-order valence-corrected chi connectivity index (χ0v) is 13.1. The minimum absolute atomic E-state index is 0.0596. The van der Waals surface area contributed by atoms with Gasteiger partial charge in [-0.1, -0.05) is 13.8 Å². The van der Waals surface area contributed by atoms with Gasteiger partial charge in [0.1, 0.15) is 5.82 Å². The first kappa shape index (κ1) is 17.0. The molecule has 1 rings (SSSR count). The molecule has 1 unspecified atom stereocenters. The summed E-state index contributed by atoms with van der Waals surface area (Å²) in [7, 11) is 0. The van der Waals surface area contributed by atoms with E-state index >= 15 is 0 Å². The van der Waals surface area contributed by atoms with Crippen LogP contribution in [0.4, 0.5) is 4.39 Å². The highest BCUT2D eigenvalue weighted by Gasteiger charge is 2.13. The van der Waals surface area contributed by atoms with Crippen molar-refractivity contribution in [3.8, 4) is 0 Å². The molecular weight excluding hydrogens is 275 g/mol. The van der Waals surface area contributed by atoms with Crippen molar-refractivity contribution in [2.45, 2.75) is 31.7 Å². The molecule has 0 aliphatic carbocycles. The lowest BCUT2D eigenvalue weighted by atomic mass is 10.2. The molecule has 0 bridgehead atoms. The van der Waals surface area contributed by atoms with Gasteiger partial charge in [-0.05, 0) is 37.7 Å². The van der Waals surface area contributed by atoms with Gasteiger partial charge in [0, 0.05) is 29.2 Å². The Balaban J connectivity index is 2.29. The first-order valence-corrected chi connectivity index (χ1v) is 7.91. The third-order valence-electron chi connectivity index (χ3n) is 2.90. The molecule has 5 heteroatoms. The first-order chi connectivity index (χ1) is 9.52. The summed E-state index contributed by atoms with van der Waals surface area (Å²) in [6, 6.07) is 6.62. The number of hydrogen-bond donors (Lipinski definition) is 2. The van der Waals surface area contributed by atoms with E-state index in [1.165, 1.54) is 12.1 Å². The fourth-order valence-electron chi connectivity index (χ4n) is 1.68. The van der Waals surface area contributed by atoms with Gasteiger partial charge >= 0.3 is 0 Å². The number of rotatable bonds is 8. The van der Waals surface area contributed by atoms with Crippen molar-refractivity contribution in [2.75, 3.05) is 18.8 Å². The average molecular weight is 298 g/mol. The lowest BCUT2D eigenvalue weighted by molar-refractivity contribution is -0.123. The Kier molecular flexibility index (Phi) is 7.62. The lowest BCUT2D eigenvalue weighted by Gasteiger charge is -2.16. The molecule has 1 aromatic carbocycles. The van der Waals surface area contributed by atoms with Crippen LogP contribution in [0.5, 0.6) is 0 Å². The molecule has 2 N–H and O–H groups in total. The van der Waals surface area contributed by atoms with Gasteiger partial charge in [-0.15, -0.1) is 11.8 Å². The number of halogens is 1. The molecule has 1 amide bonds. The first-order valence-electron chi connectivity index (χ1n) is 6.92. The Morgan fingerprint density at radius 1 is 1.30 bits per heavy atom. The van der Waals surface area contributed by atoms with Gasteiger partial charge in [0.05, 0.1) is 0 Å². The van der Waals surface area contributed by atoms with Gasteiger partial charge < -0.3 is 10.6 Å². The normalized spacial score (nSPS) is 13.8. The molecule has 3 nitrogen and oxygen atoms in total. The summed E-state index contributed by atoms with van der Waals surface area (Å²) in [4.78, 5) is 12.9. The second-order valence-corrected chi connectivity index (χ2v) is 5.96. The topological polar surface area (TPSA) is 41.1 Å². The van der Waals surface area contributed by atoms with E-state index in [0.29, 0.717) is 12.3 Å². The Morgan fingerprint density at radius 2 is 1.95 bits per heavy atom. The smallest absolute Gasteiger partial charge is 0.223 e. The van der Waals surface area contributed by atoms with E-state index in [2.05, 4.69) is 10.6 Å². The molecule has 2 atom stereocenters. The van der Waals surface area contributed by atoms with Crippen molar-refractivity contribution in [2.24, 2.45) is 5.92 Å². The van der Waals surface area contributed by atoms with E-state index in [1.807, 2.05) is 20.8 Å². The minimum atomic E-state index is -0.238. The fraction of sp³-hybridized carbons (Fsp3) is 0.533. The zero-order chi connectivity index (χ0) is 15.0. The van der Waals surface area contributed by atoms with Gasteiger partial charge in [-0.2, -0.15) is 0 Å². The third kappa shape index (κ3) is 6.39. The highest BCUT2D eigenvalue weighted by atomic mass is 32.2. The summed E-state index contributed by atoms with van der Waals surface area (Å²) in [5.74, 6) is 0.438. The Morgan fingerprint density at radius 3 is 2.55 bits per heavy atom. The fourth-order valence-corrected chi connectivity index (χ4v) is 2.60. The molecule has 0 fully saturated rings. The predicted octanol–water partition coefficient (Wildman–Crippen LogP) is 2.67. The Hall–Kier alpha value is -1.07. The molecule has 0 aliphatic rings. The van der Waals surface area contributed by atoms with Crippen LogP contribution >= 0.6 is 11.8 Å². The number of likely N-dealkylation sites (N-methyl/N-ethyl adjacent to an activating group) is 1. The summed E-state index contributed by atoms with van der Waals surface area (Å²) in [5.41, 5.74) is 0. The highest BCUT2D eigenvalue weighted by molar-refractivity contribution is 7.99. The predicted molar refractivity (Wildman–Crippen MR) is 82.4 cm³/mol. The number of carbonyl (C=O) groups is 1. The Bertz CT molecular complexity index is 411. The van der Waals surface area contributed by atoms with Crippen LogP contribution in [0.3, 0.4) is 0 Å². The van der Waals surface area contributed by atoms with Gasteiger partial charge in [0.25, 0.3) is 0 Å². The molecule has 0 saturated carbocycles. The third-order valence-corrected chi connectivity index (χ3v) is 4.17. The van der Waals surface area contributed by atoms with Gasteiger partial charge in [-0.25, -0.2) is 4.39 Å². The molecule has 112 valence electrons. The van der Waals surface area contributed by atoms with Crippen LogP contribution in [-0.2, 0) is 4.79 Å². The number of amides is 1. The molecule has 0 spiro atoms. The molecule has 0 aromatic heterocycles. The van der Waals surface area contributed by atoms with Crippen LogP contribution < -0.4 is 10.6 Å². The van der Waals surface area contributed by atoms with Crippen LogP contribution in [0.1, 0.15) is 20.8 Å². The summed E-state index contributed by atoms with van der Waals surface area (Å²) < 4.78 is 12.8. The SMILES string of the molecule is CCN[C@H](C)CNC(=O)C(C)CSc1ccc(F)cc1. The van der Waals surface area contributed by atoms with E-state index in [-0.39, 0.29) is 23.7 Å². The number of carbonyl (C=O) groups excluding carboxylic acids is 1. The van der Waals surface area contributed by atoms with Crippen LogP contribution in [0.25, 0.3) is 0 Å². The van der Waals surface area contributed by atoms with Crippen LogP contribution in [0.15, 0.2) is 29.2 Å².